The lowest BCUT2D eigenvalue weighted by Crippen LogP contribution is -2.49. The van der Waals surface area contributed by atoms with E-state index in [4.69, 9.17) is 4.74 Å². The molecule has 6 rings (SSSR count). The molecule has 10 nitrogen and oxygen atoms in total. The number of anilines is 2. The fourth-order valence-corrected chi connectivity index (χ4v) is 5.70. The Labute approximate surface area is 226 Å². The molecule has 2 amide bonds. The number of benzene rings is 2. The highest BCUT2D eigenvalue weighted by Crippen LogP contribution is 2.29. The Balaban J connectivity index is 1.15. The summed E-state index contributed by atoms with van der Waals surface area (Å²) in [5.74, 6) is 1.33. The first-order valence-electron chi connectivity index (χ1n) is 13.2. The highest BCUT2D eigenvalue weighted by Gasteiger charge is 2.31. The number of rotatable bonds is 5. The molecule has 1 fully saturated rings. The predicted molar refractivity (Wildman–Crippen MR) is 149 cm³/mol. The number of urea groups is 1. The summed E-state index contributed by atoms with van der Waals surface area (Å²) in [6, 6.07) is 13.4. The number of carbonyl (C=O) groups excluding carboxylic acids is 2. The number of fused-ring (bicyclic) bond motifs is 2. The summed E-state index contributed by atoms with van der Waals surface area (Å²) in [6.45, 7) is 4.10. The van der Waals surface area contributed by atoms with E-state index in [0.29, 0.717) is 23.8 Å². The number of nitrogens with zero attached hydrogens (tertiary/aromatic N) is 6. The van der Waals surface area contributed by atoms with Crippen molar-refractivity contribution in [1.82, 2.24) is 24.6 Å². The van der Waals surface area contributed by atoms with Gasteiger partial charge in [-0.1, -0.05) is 18.2 Å². The average molecular weight is 526 g/mol. The number of ketones is 1. The number of ether oxygens (including phenoxy) is 1. The minimum atomic E-state index is -0.179. The lowest BCUT2D eigenvalue weighted by Gasteiger charge is -2.38. The van der Waals surface area contributed by atoms with Crippen molar-refractivity contribution in [3.05, 3.63) is 71.3 Å². The molecule has 39 heavy (non-hydrogen) atoms. The first kappa shape index (κ1) is 24.8. The van der Waals surface area contributed by atoms with Crippen molar-refractivity contribution in [3.63, 3.8) is 0 Å². The molecule has 0 aliphatic carbocycles. The van der Waals surface area contributed by atoms with Crippen LogP contribution in [-0.4, -0.2) is 69.2 Å². The van der Waals surface area contributed by atoms with Crippen LogP contribution in [0.1, 0.15) is 40.2 Å². The minimum Gasteiger partial charge on any atom is -0.497 e. The zero-order valence-electron chi connectivity index (χ0n) is 22.3. The van der Waals surface area contributed by atoms with Crippen LogP contribution in [0.5, 0.6) is 5.75 Å². The summed E-state index contributed by atoms with van der Waals surface area (Å²) in [6.07, 6.45) is 3.84. The number of carbonyl (C=O) groups is 2. The number of piperidine rings is 1. The highest BCUT2D eigenvalue weighted by molar-refractivity contribution is 6.14. The molecule has 1 saturated heterocycles. The van der Waals surface area contributed by atoms with Crippen LogP contribution in [0.15, 0.2) is 48.8 Å². The summed E-state index contributed by atoms with van der Waals surface area (Å²) in [5, 5.41) is 8.45. The third-order valence-corrected chi connectivity index (χ3v) is 7.83. The van der Waals surface area contributed by atoms with E-state index in [0.717, 1.165) is 65.8 Å². The van der Waals surface area contributed by atoms with Crippen LogP contribution < -0.4 is 15.0 Å². The van der Waals surface area contributed by atoms with Crippen molar-refractivity contribution in [1.29, 1.82) is 0 Å². The largest absolute Gasteiger partial charge is 0.497 e. The third kappa shape index (κ3) is 4.56. The molecular formula is C29H31N7O3. The normalized spacial score (nSPS) is 16.1. The van der Waals surface area contributed by atoms with Gasteiger partial charge in [-0.15, -0.1) is 0 Å². The van der Waals surface area contributed by atoms with Gasteiger partial charge in [-0.05, 0) is 55.5 Å². The molecule has 10 heteroatoms. The fourth-order valence-electron chi connectivity index (χ4n) is 5.70. The van der Waals surface area contributed by atoms with Gasteiger partial charge in [0.15, 0.2) is 0 Å². The van der Waals surface area contributed by atoms with Gasteiger partial charge in [0, 0.05) is 49.9 Å². The molecule has 4 heterocycles. The van der Waals surface area contributed by atoms with Crippen molar-refractivity contribution in [2.24, 2.45) is 7.05 Å². The van der Waals surface area contributed by atoms with Crippen LogP contribution in [0.4, 0.5) is 16.3 Å². The van der Waals surface area contributed by atoms with Gasteiger partial charge in [0.1, 0.15) is 29.3 Å². The molecule has 0 atom stereocenters. The van der Waals surface area contributed by atoms with E-state index in [1.807, 2.05) is 48.2 Å². The van der Waals surface area contributed by atoms with Crippen molar-refractivity contribution in [2.45, 2.75) is 32.2 Å². The van der Waals surface area contributed by atoms with Crippen LogP contribution in [0, 0.1) is 6.92 Å². The molecule has 2 aliphatic heterocycles. The molecule has 2 aromatic heterocycles. The molecule has 0 radical (unpaired) electrons. The average Bonchev–Trinajstić information content (AvgIpc) is 3.21. The first-order chi connectivity index (χ1) is 18.9. The lowest BCUT2D eigenvalue weighted by atomic mass is 10.0. The minimum absolute atomic E-state index is 0.0640. The smallest absolute Gasteiger partial charge is 0.322 e. The van der Waals surface area contributed by atoms with Crippen molar-refractivity contribution in [3.8, 4) is 5.75 Å². The van der Waals surface area contributed by atoms with E-state index >= 15 is 0 Å². The Kier molecular flexibility index (Phi) is 6.38. The Hall–Kier alpha value is -4.47. The molecule has 2 aromatic carbocycles. The van der Waals surface area contributed by atoms with Gasteiger partial charge in [0.2, 0.25) is 5.78 Å². The third-order valence-electron chi connectivity index (χ3n) is 7.83. The summed E-state index contributed by atoms with van der Waals surface area (Å²) >= 11 is 0. The molecular weight excluding hydrogens is 494 g/mol. The quantitative estimate of drug-likeness (QED) is 0.393. The molecule has 0 saturated carbocycles. The number of hydrogen-bond acceptors (Lipinski definition) is 7. The van der Waals surface area contributed by atoms with Gasteiger partial charge in [-0.2, -0.15) is 5.10 Å². The zero-order valence-corrected chi connectivity index (χ0v) is 22.3. The van der Waals surface area contributed by atoms with E-state index in [2.05, 4.69) is 25.3 Å². The molecule has 0 spiro atoms. The van der Waals surface area contributed by atoms with E-state index in [1.54, 1.807) is 24.9 Å². The van der Waals surface area contributed by atoms with Crippen molar-refractivity contribution in [2.75, 3.05) is 37.0 Å². The number of hydrogen-bond donors (Lipinski definition) is 1. The van der Waals surface area contributed by atoms with E-state index in [-0.39, 0.29) is 17.9 Å². The molecule has 4 aromatic rings. The van der Waals surface area contributed by atoms with Gasteiger partial charge in [0.05, 0.1) is 12.6 Å². The molecule has 200 valence electrons. The maximum atomic E-state index is 13.5. The monoisotopic (exact) mass is 525 g/mol. The lowest BCUT2D eigenvalue weighted by molar-refractivity contribution is 0.102. The van der Waals surface area contributed by atoms with Crippen LogP contribution in [0.25, 0.3) is 10.9 Å². The first-order valence-corrected chi connectivity index (χ1v) is 13.2. The second kappa shape index (κ2) is 10.0. The Morgan fingerprint density at radius 2 is 1.90 bits per heavy atom. The summed E-state index contributed by atoms with van der Waals surface area (Å²) < 4.78 is 6.98. The van der Waals surface area contributed by atoms with Gasteiger partial charge >= 0.3 is 6.03 Å². The highest BCUT2D eigenvalue weighted by atomic mass is 16.5. The number of aryl methyl sites for hydroxylation is 2. The van der Waals surface area contributed by atoms with Gasteiger partial charge in [-0.25, -0.2) is 14.8 Å². The molecule has 0 unspecified atom stereocenters. The molecule has 2 aliphatic rings. The van der Waals surface area contributed by atoms with Crippen LogP contribution >= 0.6 is 0 Å². The molecule has 0 bridgehead atoms. The van der Waals surface area contributed by atoms with Crippen molar-refractivity contribution >= 4 is 34.2 Å². The number of nitrogens with one attached hydrogen (secondary N) is 1. The number of aromatic nitrogens is 4. The van der Waals surface area contributed by atoms with Gasteiger partial charge < -0.3 is 19.9 Å². The Morgan fingerprint density at radius 3 is 2.69 bits per heavy atom. The summed E-state index contributed by atoms with van der Waals surface area (Å²) in [5.41, 5.74) is 4.62. The van der Waals surface area contributed by atoms with Gasteiger partial charge in [-0.3, -0.25) is 9.48 Å². The standard InChI is InChI=1S/C29H31N7O3/c1-18-5-4-6-22-26(18)33-34(2)27(22)28(37)24-16-25(31-17-30-24)35-12-10-20(11-13-35)36-14-9-19-15-21(39-3)7-8-23(19)32-29(36)38/h4-8,15-17,20H,9-14H2,1-3H3,(H,32,38). The van der Waals surface area contributed by atoms with Crippen LogP contribution in [-0.2, 0) is 13.5 Å². The van der Waals surface area contributed by atoms with Crippen LogP contribution in [0.2, 0.25) is 0 Å². The topological polar surface area (TPSA) is 105 Å². The zero-order chi connectivity index (χ0) is 27.1. The maximum absolute atomic E-state index is 13.5. The van der Waals surface area contributed by atoms with E-state index in [9.17, 15) is 9.59 Å². The number of amides is 2. The second-order valence-corrected chi connectivity index (χ2v) is 10.1. The summed E-state index contributed by atoms with van der Waals surface area (Å²) in [4.78, 5) is 39.5. The second-order valence-electron chi connectivity index (χ2n) is 10.1. The molecule has 1 N–H and O–H groups in total. The number of methoxy groups -OCH3 is 1. The van der Waals surface area contributed by atoms with Crippen molar-refractivity contribution < 1.29 is 14.3 Å². The van der Waals surface area contributed by atoms with Gasteiger partial charge in [0.25, 0.3) is 0 Å². The predicted octanol–water partition coefficient (Wildman–Crippen LogP) is 3.97. The summed E-state index contributed by atoms with van der Waals surface area (Å²) in [7, 11) is 3.43. The van der Waals surface area contributed by atoms with E-state index < -0.39 is 0 Å². The fraction of sp³-hybridized carbons (Fsp3) is 0.345. The van der Waals surface area contributed by atoms with Crippen LogP contribution in [0.3, 0.4) is 0 Å². The van der Waals surface area contributed by atoms with E-state index in [1.165, 1.54) is 6.33 Å². The SMILES string of the molecule is COc1ccc2c(c1)CCN(C1CCN(c3cc(C(=O)c4c5cccc(C)c5nn4C)ncn3)CC1)C(=O)N2. The Morgan fingerprint density at radius 1 is 1.08 bits per heavy atom. The Bertz CT molecular complexity index is 1570. The maximum Gasteiger partial charge on any atom is 0.322 e.